The van der Waals surface area contributed by atoms with Gasteiger partial charge in [0.25, 0.3) is 0 Å². The van der Waals surface area contributed by atoms with Gasteiger partial charge in [-0.15, -0.1) is 0 Å². The van der Waals surface area contributed by atoms with E-state index < -0.39 is 20.9 Å². The third kappa shape index (κ3) is 4.18. The van der Waals surface area contributed by atoms with Crippen molar-refractivity contribution in [3.63, 3.8) is 0 Å². The summed E-state index contributed by atoms with van der Waals surface area (Å²) in [6.07, 6.45) is 3.04. The lowest BCUT2D eigenvalue weighted by molar-refractivity contribution is -0.178. The molecule has 1 saturated heterocycles. The second kappa shape index (κ2) is 6.94. The van der Waals surface area contributed by atoms with Gasteiger partial charge in [-0.25, -0.2) is 8.42 Å². The van der Waals surface area contributed by atoms with E-state index >= 15 is 0 Å². The minimum Gasteiger partial charge on any atom is -0.347 e. The molecule has 1 N–H and O–H groups in total. The molecule has 5 nitrogen and oxygen atoms in total. The van der Waals surface area contributed by atoms with Gasteiger partial charge in [0.1, 0.15) is 0 Å². The molecule has 1 heterocycles. The highest BCUT2D eigenvalue weighted by Crippen LogP contribution is 2.39. The molecule has 0 amide bonds. The number of hydrogen-bond donors (Lipinski definition) is 1. The maximum absolute atomic E-state index is 12.8. The van der Waals surface area contributed by atoms with Crippen LogP contribution in [0.25, 0.3) is 0 Å². The molecule has 1 aliphatic heterocycles. The van der Waals surface area contributed by atoms with Crippen molar-refractivity contribution in [2.45, 2.75) is 63.5 Å². The smallest absolute Gasteiger partial charge is 0.169 e. The first kappa shape index (κ1) is 17.2. The molecule has 6 heteroatoms. The first-order chi connectivity index (χ1) is 9.88. The van der Waals surface area contributed by atoms with Gasteiger partial charge in [-0.3, -0.25) is 0 Å². The maximum atomic E-state index is 12.8. The van der Waals surface area contributed by atoms with Crippen molar-refractivity contribution >= 4 is 9.84 Å². The van der Waals surface area contributed by atoms with Gasteiger partial charge in [0, 0.05) is 18.9 Å². The van der Waals surface area contributed by atoms with Crippen molar-refractivity contribution in [2.75, 3.05) is 25.5 Å². The predicted molar refractivity (Wildman–Crippen MR) is 83.0 cm³/mol. The average Bonchev–Trinajstić information content (AvgIpc) is 2.84. The zero-order valence-electron chi connectivity index (χ0n) is 13.4. The lowest BCUT2D eigenvalue weighted by Crippen LogP contribution is -2.54. The van der Waals surface area contributed by atoms with E-state index in [4.69, 9.17) is 9.47 Å². The van der Waals surface area contributed by atoms with E-state index in [-0.39, 0.29) is 17.7 Å². The van der Waals surface area contributed by atoms with Gasteiger partial charge in [-0.05, 0) is 25.3 Å². The minimum atomic E-state index is -3.15. The van der Waals surface area contributed by atoms with Gasteiger partial charge in [-0.2, -0.15) is 0 Å². The van der Waals surface area contributed by atoms with Gasteiger partial charge < -0.3 is 14.8 Å². The Morgan fingerprint density at radius 3 is 2.52 bits per heavy atom. The van der Waals surface area contributed by atoms with Crippen LogP contribution in [0.5, 0.6) is 0 Å². The molecule has 2 atom stereocenters. The Balaban J connectivity index is 2.16. The molecule has 2 unspecified atom stereocenters. The molecule has 0 aromatic rings. The van der Waals surface area contributed by atoms with E-state index in [1.165, 1.54) is 0 Å². The summed E-state index contributed by atoms with van der Waals surface area (Å²) in [5, 5.41) is 3.01. The summed E-state index contributed by atoms with van der Waals surface area (Å²) in [5.41, 5.74) is 0. The summed E-state index contributed by atoms with van der Waals surface area (Å²) in [7, 11) is -3.15. The van der Waals surface area contributed by atoms with Crippen LogP contribution in [0.3, 0.4) is 0 Å². The van der Waals surface area contributed by atoms with Crippen molar-refractivity contribution in [3.05, 3.63) is 0 Å². The van der Waals surface area contributed by atoms with E-state index in [9.17, 15) is 8.42 Å². The lowest BCUT2D eigenvalue weighted by Gasteiger charge is -2.41. The van der Waals surface area contributed by atoms with Crippen LogP contribution >= 0.6 is 0 Å². The number of nitrogens with one attached hydrogen (secondary N) is 1. The standard InChI is InChI=1S/C15H29NO4S/c1-4-7-16-13-5-6-15(19-8-9-20-15)10-14(13)21(17,18)11-12(2)3/h12-14,16H,4-11H2,1-3H3. The van der Waals surface area contributed by atoms with Gasteiger partial charge in [0.15, 0.2) is 15.6 Å². The molecule has 2 rings (SSSR count). The molecule has 0 aromatic heterocycles. The van der Waals surface area contributed by atoms with Gasteiger partial charge in [0.2, 0.25) is 0 Å². The summed E-state index contributed by atoms with van der Waals surface area (Å²) in [5.74, 6) is -0.276. The molecule has 0 bridgehead atoms. The zero-order valence-corrected chi connectivity index (χ0v) is 14.2. The Labute approximate surface area is 128 Å². The third-order valence-electron chi connectivity index (χ3n) is 4.29. The third-order valence-corrected chi connectivity index (χ3v) is 6.84. The molecule has 21 heavy (non-hydrogen) atoms. The number of ether oxygens (including phenoxy) is 2. The van der Waals surface area contributed by atoms with Crippen LogP contribution < -0.4 is 5.32 Å². The highest BCUT2D eigenvalue weighted by molar-refractivity contribution is 7.92. The number of hydrogen-bond acceptors (Lipinski definition) is 5. The second-order valence-corrected chi connectivity index (χ2v) is 8.94. The summed E-state index contributed by atoms with van der Waals surface area (Å²) >= 11 is 0. The van der Waals surface area contributed by atoms with E-state index in [0.29, 0.717) is 19.6 Å². The molecule has 124 valence electrons. The largest absolute Gasteiger partial charge is 0.347 e. The summed E-state index contributed by atoms with van der Waals surface area (Å²) in [6, 6.07) is 0.0205. The highest BCUT2D eigenvalue weighted by Gasteiger charge is 2.49. The zero-order chi connectivity index (χ0) is 15.5. The Morgan fingerprint density at radius 1 is 1.29 bits per heavy atom. The van der Waals surface area contributed by atoms with Crippen LogP contribution in [0.15, 0.2) is 0 Å². The minimum absolute atomic E-state index is 0.0205. The normalized spacial score (nSPS) is 29.3. The molecule has 1 saturated carbocycles. The average molecular weight is 319 g/mol. The number of rotatable bonds is 6. The maximum Gasteiger partial charge on any atom is 0.169 e. The number of sulfone groups is 1. The Kier molecular flexibility index (Phi) is 5.68. The SMILES string of the molecule is CCCNC1CCC2(CC1S(=O)(=O)CC(C)C)OCCO2. The van der Waals surface area contributed by atoms with Crippen LogP contribution in [-0.2, 0) is 19.3 Å². The first-order valence-electron chi connectivity index (χ1n) is 8.11. The van der Waals surface area contributed by atoms with Crippen LogP contribution in [0, 0.1) is 5.92 Å². The van der Waals surface area contributed by atoms with Crippen LogP contribution in [0.2, 0.25) is 0 Å². The van der Waals surface area contributed by atoms with E-state index in [1.807, 2.05) is 13.8 Å². The first-order valence-corrected chi connectivity index (χ1v) is 9.83. The van der Waals surface area contributed by atoms with Crippen LogP contribution in [0.4, 0.5) is 0 Å². The fourth-order valence-corrected chi connectivity index (χ4v) is 5.82. The fourth-order valence-electron chi connectivity index (χ4n) is 3.40. The Morgan fingerprint density at radius 2 is 1.95 bits per heavy atom. The molecule has 0 radical (unpaired) electrons. The highest BCUT2D eigenvalue weighted by atomic mass is 32.2. The van der Waals surface area contributed by atoms with Gasteiger partial charge in [0.05, 0.1) is 24.2 Å². The molecule has 1 spiro atoms. The quantitative estimate of drug-likeness (QED) is 0.807. The second-order valence-electron chi connectivity index (χ2n) is 6.67. The molecule has 0 aromatic carbocycles. The Hall–Kier alpha value is -0.170. The molecule has 1 aliphatic carbocycles. The van der Waals surface area contributed by atoms with E-state index in [0.717, 1.165) is 25.8 Å². The molecular formula is C15H29NO4S. The van der Waals surface area contributed by atoms with Crippen molar-refractivity contribution in [1.82, 2.24) is 5.32 Å². The van der Waals surface area contributed by atoms with Crippen LogP contribution in [0.1, 0.15) is 46.5 Å². The summed E-state index contributed by atoms with van der Waals surface area (Å²) < 4.78 is 37.0. The topological polar surface area (TPSA) is 64.6 Å². The molecule has 2 aliphatic rings. The van der Waals surface area contributed by atoms with Crippen molar-refractivity contribution in [2.24, 2.45) is 5.92 Å². The van der Waals surface area contributed by atoms with E-state index in [2.05, 4.69) is 12.2 Å². The van der Waals surface area contributed by atoms with Crippen molar-refractivity contribution in [3.8, 4) is 0 Å². The summed E-state index contributed by atoms with van der Waals surface area (Å²) in [6.45, 7) is 8.00. The monoisotopic (exact) mass is 319 g/mol. The fraction of sp³-hybridized carbons (Fsp3) is 1.00. The van der Waals surface area contributed by atoms with Crippen molar-refractivity contribution in [1.29, 1.82) is 0 Å². The molecular weight excluding hydrogens is 290 g/mol. The van der Waals surface area contributed by atoms with Crippen molar-refractivity contribution < 1.29 is 17.9 Å². The predicted octanol–water partition coefficient (Wildman–Crippen LogP) is 1.72. The van der Waals surface area contributed by atoms with Gasteiger partial charge >= 0.3 is 0 Å². The van der Waals surface area contributed by atoms with E-state index in [1.54, 1.807) is 0 Å². The lowest BCUT2D eigenvalue weighted by atomic mass is 9.89. The Bertz CT molecular complexity index is 429. The summed E-state index contributed by atoms with van der Waals surface area (Å²) in [4.78, 5) is 0. The van der Waals surface area contributed by atoms with Gasteiger partial charge in [-0.1, -0.05) is 20.8 Å². The molecule has 2 fully saturated rings. The van der Waals surface area contributed by atoms with Crippen LogP contribution in [-0.4, -0.2) is 51.0 Å².